The Kier molecular flexibility index (Phi) is 4.55. The van der Waals surface area contributed by atoms with Crippen LogP contribution in [0.4, 0.5) is 11.4 Å². The van der Waals surface area contributed by atoms with Crippen molar-refractivity contribution in [3.05, 3.63) is 78.6 Å². The number of nitrogens with one attached hydrogen (secondary N) is 2. The van der Waals surface area contributed by atoms with E-state index in [0.717, 1.165) is 10.9 Å². The molecule has 31 heavy (non-hydrogen) atoms. The average molecular weight is 410 g/mol. The van der Waals surface area contributed by atoms with E-state index in [9.17, 15) is 9.59 Å². The van der Waals surface area contributed by atoms with Gasteiger partial charge >= 0.3 is 0 Å². The van der Waals surface area contributed by atoms with E-state index in [1.807, 2.05) is 36.4 Å². The summed E-state index contributed by atoms with van der Waals surface area (Å²) < 4.78 is 5.57. The lowest BCUT2D eigenvalue weighted by Gasteiger charge is -2.23. The average Bonchev–Trinajstić information content (AvgIpc) is 2.80. The van der Waals surface area contributed by atoms with Crippen LogP contribution in [0.25, 0.3) is 22.2 Å². The number of anilines is 2. The minimum atomic E-state index is -0.554. The summed E-state index contributed by atoms with van der Waals surface area (Å²) in [4.78, 5) is 34.0. The van der Waals surface area contributed by atoms with Gasteiger partial charge in [0.15, 0.2) is 6.10 Å². The number of aromatic nitrogens is 2. The van der Waals surface area contributed by atoms with Crippen LogP contribution in [0.15, 0.2) is 73.1 Å². The van der Waals surface area contributed by atoms with E-state index in [0.29, 0.717) is 33.9 Å². The van der Waals surface area contributed by atoms with Gasteiger partial charge in [-0.3, -0.25) is 14.6 Å². The predicted molar refractivity (Wildman–Crippen MR) is 118 cm³/mol. The van der Waals surface area contributed by atoms with Crippen molar-refractivity contribution in [2.45, 2.75) is 13.0 Å². The van der Waals surface area contributed by atoms with Crippen molar-refractivity contribution in [3.63, 3.8) is 0 Å². The van der Waals surface area contributed by atoms with Gasteiger partial charge in [-0.1, -0.05) is 18.2 Å². The molecule has 7 heteroatoms. The van der Waals surface area contributed by atoms with Crippen molar-refractivity contribution in [1.82, 2.24) is 9.97 Å². The maximum absolute atomic E-state index is 13.2. The Hall–Kier alpha value is -4.26. The zero-order chi connectivity index (χ0) is 21.4. The summed E-state index contributed by atoms with van der Waals surface area (Å²) in [6.45, 7) is 1.68. The van der Waals surface area contributed by atoms with Crippen LogP contribution in [0.1, 0.15) is 17.3 Å². The highest BCUT2D eigenvalue weighted by molar-refractivity contribution is 6.13. The first-order valence-corrected chi connectivity index (χ1v) is 9.81. The molecule has 2 aromatic carbocycles. The Labute approximate surface area is 178 Å². The van der Waals surface area contributed by atoms with Crippen LogP contribution in [0, 0.1) is 0 Å². The van der Waals surface area contributed by atoms with E-state index in [-0.39, 0.29) is 11.8 Å². The van der Waals surface area contributed by atoms with Gasteiger partial charge in [-0.2, -0.15) is 0 Å². The molecule has 0 radical (unpaired) electrons. The molecule has 0 unspecified atom stereocenters. The van der Waals surface area contributed by atoms with Gasteiger partial charge in [0.1, 0.15) is 5.75 Å². The quantitative estimate of drug-likeness (QED) is 0.526. The summed E-state index contributed by atoms with van der Waals surface area (Å²) >= 11 is 0. The number of rotatable bonds is 3. The number of hydrogen-bond acceptors (Lipinski definition) is 5. The van der Waals surface area contributed by atoms with E-state index < -0.39 is 6.10 Å². The number of para-hydroxylation sites is 1. The van der Waals surface area contributed by atoms with Crippen molar-refractivity contribution in [3.8, 4) is 17.0 Å². The Balaban J connectivity index is 1.52. The third-order valence-electron chi connectivity index (χ3n) is 5.09. The molecule has 2 aromatic heterocycles. The number of amides is 2. The lowest BCUT2D eigenvalue weighted by Crippen LogP contribution is -2.34. The van der Waals surface area contributed by atoms with E-state index in [2.05, 4.69) is 20.6 Å². The number of benzene rings is 2. The van der Waals surface area contributed by atoms with Crippen LogP contribution in [-0.2, 0) is 4.79 Å². The van der Waals surface area contributed by atoms with Gasteiger partial charge < -0.3 is 15.4 Å². The van der Waals surface area contributed by atoms with Gasteiger partial charge in [0.05, 0.1) is 22.5 Å². The molecule has 0 spiro atoms. The highest BCUT2D eigenvalue weighted by atomic mass is 16.5. The molecule has 0 saturated carbocycles. The van der Waals surface area contributed by atoms with Crippen LogP contribution in [0.2, 0.25) is 0 Å². The minimum Gasteiger partial charge on any atom is -0.479 e. The number of carbonyl (C=O) groups is 2. The third kappa shape index (κ3) is 3.57. The first-order valence-electron chi connectivity index (χ1n) is 9.81. The molecule has 5 rings (SSSR count). The molecule has 2 N–H and O–H groups in total. The zero-order valence-corrected chi connectivity index (χ0v) is 16.6. The molecule has 0 saturated heterocycles. The largest absolute Gasteiger partial charge is 0.479 e. The maximum Gasteiger partial charge on any atom is 0.265 e. The molecule has 1 aliphatic heterocycles. The van der Waals surface area contributed by atoms with E-state index in [1.54, 1.807) is 43.6 Å². The molecule has 1 atom stereocenters. The van der Waals surface area contributed by atoms with Crippen LogP contribution < -0.4 is 15.4 Å². The van der Waals surface area contributed by atoms with Gasteiger partial charge in [0.25, 0.3) is 11.8 Å². The fourth-order valence-electron chi connectivity index (χ4n) is 3.51. The van der Waals surface area contributed by atoms with E-state index in [1.165, 1.54) is 0 Å². The first kappa shape index (κ1) is 18.7. The van der Waals surface area contributed by atoms with Gasteiger partial charge in [-0.25, -0.2) is 4.98 Å². The smallest absolute Gasteiger partial charge is 0.265 e. The lowest BCUT2D eigenvalue weighted by atomic mass is 10.0. The second-order valence-corrected chi connectivity index (χ2v) is 7.23. The lowest BCUT2D eigenvalue weighted by molar-refractivity contribution is -0.122. The number of carbonyl (C=O) groups excluding carboxylic acids is 2. The zero-order valence-electron chi connectivity index (χ0n) is 16.6. The Morgan fingerprint density at radius 1 is 1.10 bits per heavy atom. The van der Waals surface area contributed by atoms with Gasteiger partial charge in [0, 0.05) is 29.0 Å². The molecule has 4 aromatic rings. The van der Waals surface area contributed by atoms with E-state index in [4.69, 9.17) is 4.74 Å². The predicted octanol–water partition coefficient (Wildman–Crippen LogP) is 4.27. The number of pyridine rings is 2. The number of fused-ring (bicyclic) bond motifs is 2. The fraction of sp³-hybridized carbons (Fsp3) is 0.0833. The molecular formula is C24H18N4O3. The van der Waals surface area contributed by atoms with Crippen LogP contribution in [0.3, 0.4) is 0 Å². The molecule has 0 fully saturated rings. The topological polar surface area (TPSA) is 93.2 Å². The Bertz CT molecular complexity index is 1320. The summed E-state index contributed by atoms with van der Waals surface area (Å²) in [6, 6.07) is 18.1. The Morgan fingerprint density at radius 3 is 2.81 bits per heavy atom. The summed E-state index contributed by atoms with van der Waals surface area (Å²) in [5.41, 5.74) is 3.77. The number of ether oxygens (including phenoxy) is 1. The maximum atomic E-state index is 13.2. The van der Waals surface area contributed by atoms with Crippen molar-refractivity contribution < 1.29 is 14.3 Å². The number of hydrogen-bond donors (Lipinski definition) is 2. The van der Waals surface area contributed by atoms with E-state index >= 15 is 0 Å². The molecule has 2 amide bonds. The highest BCUT2D eigenvalue weighted by Crippen LogP contribution is 2.32. The molecule has 7 nitrogen and oxygen atoms in total. The van der Waals surface area contributed by atoms with Crippen molar-refractivity contribution in [2.75, 3.05) is 10.6 Å². The summed E-state index contributed by atoms with van der Waals surface area (Å²) in [5, 5.41) is 6.45. The fourth-order valence-corrected chi connectivity index (χ4v) is 3.51. The second-order valence-electron chi connectivity index (χ2n) is 7.23. The van der Waals surface area contributed by atoms with Gasteiger partial charge in [0.2, 0.25) is 0 Å². The summed E-state index contributed by atoms with van der Waals surface area (Å²) in [6.07, 6.45) is 2.85. The number of nitrogens with zero attached hydrogens (tertiary/aromatic N) is 2. The summed E-state index contributed by atoms with van der Waals surface area (Å²) in [5.74, 6) is 0.0654. The standard InChI is InChI=1S/C24H18N4O3/c1-14-23(29)28-21-11-16(8-9-22(21)31-14)26-24(30)18-12-20(15-5-4-10-25-13-15)27-19-7-3-2-6-17(18)19/h2-14H,1H3,(H,26,30)(H,28,29)/t14-/m1/s1. The normalized spacial score (nSPS) is 15.0. The summed E-state index contributed by atoms with van der Waals surface area (Å²) in [7, 11) is 0. The van der Waals surface area contributed by atoms with Gasteiger partial charge in [-0.05, 0) is 49.4 Å². The molecule has 0 aliphatic carbocycles. The minimum absolute atomic E-state index is 0.225. The van der Waals surface area contributed by atoms with Crippen molar-refractivity contribution in [1.29, 1.82) is 0 Å². The molecule has 1 aliphatic rings. The van der Waals surface area contributed by atoms with Crippen LogP contribution >= 0.6 is 0 Å². The monoisotopic (exact) mass is 410 g/mol. The van der Waals surface area contributed by atoms with Crippen molar-refractivity contribution >= 4 is 34.1 Å². The van der Waals surface area contributed by atoms with Crippen LogP contribution in [0.5, 0.6) is 5.75 Å². The first-order chi connectivity index (χ1) is 15.1. The molecule has 3 heterocycles. The Morgan fingerprint density at radius 2 is 1.97 bits per heavy atom. The molecular weight excluding hydrogens is 392 g/mol. The SMILES string of the molecule is C[C@H]1Oc2ccc(NC(=O)c3cc(-c4cccnc4)nc4ccccc34)cc2NC1=O. The second kappa shape index (κ2) is 7.53. The highest BCUT2D eigenvalue weighted by Gasteiger charge is 2.24. The molecule has 152 valence electrons. The van der Waals surface area contributed by atoms with Gasteiger partial charge in [-0.15, -0.1) is 0 Å². The van der Waals surface area contributed by atoms with Crippen molar-refractivity contribution in [2.24, 2.45) is 0 Å². The van der Waals surface area contributed by atoms with Crippen LogP contribution in [-0.4, -0.2) is 27.9 Å². The molecule has 0 bridgehead atoms. The third-order valence-corrected chi connectivity index (χ3v) is 5.09.